The Morgan fingerprint density at radius 1 is 1.32 bits per heavy atom. The van der Waals surface area contributed by atoms with E-state index in [1.54, 1.807) is 11.3 Å². The van der Waals surface area contributed by atoms with E-state index in [2.05, 4.69) is 39.3 Å². The van der Waals surface area contributed by atoms with E-state index < -0.39 is 10.0 Å². The van der Waals surface area contributed by atoms with Crippen molar-refractivity contribution < 1.29 is 13.2 Å². The second-order valence-electron chi connectivity index (χ2n) is 6.68. The average Bonchev–Trinajstić information content (AvgIpc) is 3.17. The van der Waals surface area contributed by atoms with Crippen LogP contribution in [-0.2, 0) is 21.2 Å². The number of benzene rings is 1. The van der Waals surface area contributed by atoms with Crippen molar-refractivity contribution in [1.82, 2.24) is 9.62 Å². The van der Waals surface area contributed by atoms with Crippen molar-refractivity contribution in [3.05, 3.63) is 35.2 Å². The number of sulfonamides is 1. The predicted octanol–water partition coefficient (Wildman–Crippen LogP) is 2.47. The fourth-order valence-corrected chi connectivity index (χ4v) is 4.86. The molecule has 0 saturated carbocycles. The van der Waals surface area contributed by atoms with Crippen LogP contribution in [0.4, 0.5) is 0 Å². The summed E-state index contributed by atoms with van der Waals surface area (Å²) in [7, 11) is -3.10. The Hall–Kier alpha value is -0.990. The number of nitrogens with one attached hydrogen (secondary N) is 1. The molecule has 5 nitrogen and oxygen atoms in total. The minimum Gasteiger partial charge on any atom is -0.381 e. The maximum Gasteiger partial charge on any atom is 0.208 e. The molecule has 25 heavy (non-hydrogen) atoms. The summed E-state index contributed by atoms with van der Waals surface area (Å²) in [5, 5.41) is 3.44. The number of hydrogen-bond acceptors (Lipinski definition) is 5. The minimum atomic E-state index is -3.10. The van der Waals surface area contributed by atoms with E-state index in [0.717, 1.165) is 52.1 Å². The number of ether oxygens (including phenoxy) is 1. The predicted molar refractivity (Wildman–Crippen MR) is 104 cm³/mol. The number of nitrogens with zero attached hydrogens (tertiary/aromatic N) is 1. The number of fused-ring (bicyclic) bond motifs is 1. The van der Waals surface area contributed by atoms with E-state index in [9.17, 15) is 8.42 Å². The molecule has 2 aromatic rings. The van der Waals surface area contributed by atoms with E-state index in [1.807, 2.05) is 0 Å². The lowest BCUT2D eigenvalue weighted by Crippen LogP contribution is -2.36. The highest BCUT2D eigenvalue weighted by atomic mass is 32.2. The van der Waals surface area contributed by atoms with Gasteiger partial charge in [-0.1, -0.05) is 12.1 Å². The Morgan fingerprint density at radius 2 is 2.20 bits per heavy atom. The summed E-state index contributed by atoms with van der Waals surface area (Å²) in [4.78, 5) is 2.30. The fourth-order valence-electron chi connectivity index (χ4n) is 3.29. The van der Waals surface area contributed by atoms with Crippen LogP contribution in [0.3, 0.4) is 0 Å². The quantitative estimate of drug-likeness (QED) is 0.677. The van der Waals surface area contributed by atoms with Crippen LogP contribution in [0.1, 0.15) is 18.4 Å². The molecule has 0 amide bonds. The van der Waals surface area contributed by atoms with Crippen LogP contribution < -0.4 is 4.72 Å². The van der Waals surface area contributed by atoms with Gasteiger partial charge in [0.15, 0.2) is 0 Å². The van der Waals surface area contributed by atoms with Crippen molar-refractivity contribution in [2.75, 3.05) is 39.1 Å². The molecule has 0 radical (unpaired) electrons. The van der Waals surface area contributed by atoms with Gasteiger partial charge in [0, 0.05) is 30.4 Å². The maximum atomic E-state index is 11.3. The van der Waals surface area contributed by atoms with E-state index in [-0.39, 0.29) is 6.04 Å². The fraction of sp³-hybridized carbons (Fsp3) is 0.556. The first-order valence-electron chi connectivity index (χ1n) is 8.73. The molecule has 1 aliphatic rings. The normalized spacial score (nSPS) is 19.0. The second kappa shape index (κ2) is 8.60. The highest BCUT2D eigenvalue weighted by Crippen LogP contribution is 2.21. The highest BCUT2D eigenvalue weighted by molar-refractivity contribution is 7.88. The zero-order chi connectivity index (χ0) is 17.7. The number of thiophene rings is 1. The smallest absolute Gasteiger partial charge is 0.208 e. The summed E-state index contributed by atoms with van der Waals surface area (Å²) in [6, 6.07) is 8.83. The van der Waals surface area contributed by atoms with Crippen LogP contribution >= 0.6 is 11.3 Å². The van der Waals surface area contributed by atoms with Crippen molar-refractivity contribution >= 4 is 31.4 Å². The van der Waals surface area contributed by atoms with Gasteiger partial charge in [0.05, 0.1) is 12.9 Å². The molecular weight excluding hydrogens is 356 g/mol. The summed E-state index contributed by atoms with van der Waals surface area (Å²) < 4.78 is 32.3. The molecule has 1 saturated heterocycles. The molecule has 2 heterocycles. The number of rotatable bonds is 9. The molecule has 1 aliphatic heterocycles. The van der Waals surface area contributed by atoms with Crippen LogP contribution in [-0.4, -0.2) is 58.5 Å². The van der Waals surface area contributed by atoms with Crippen LogP contribution in [0.5, 0.6) is 0 Å². The Bertz CT molecular complexity index is 788. The van der Waals surface area contributed by atoms with E-state index in [0.29, 0.717) is 0 Å². The first-order chi connectivity index (χ1) is 12.0. The highest BCUT2D eigenvalue weighted by Gasteiger charge is 2.24. The molecule has 1 unspecified atom stereocenters. The Morgan fingerprint density at radius 3 is 3.04 bits per heavy atom. The molecular formula is C18H26N2O3S2. The largest absolute Gasteiger partial charge is 0.381 e. The van der Waals surface area contributed by atoms with Gasteiger partial charge in [0.1, 0.15) is 0 Å². The van der Waals surface area contributed by atoms with Gasteiger partial charge in [-0.2, -0.15) is 0 Å². The Labute approximate surface area is 154 Å². The SMILES string of the molecule is CS(=O)(=O)NC1CCN(CCCOCCc2ccc3sccc3c2)C1. The lowest BCUT2D eigenvalue weighted by Gasteiger charge is -2.16. The monoisotopic (exact) mass is 382 g/mol. The Balaban J connectivity index is 1.28. The molecule has 0 bridgehead atoms. The molecule has 1 aromatic heterocycles. The molecule has 0 spiro atoms. The van der Waals surface area contributed by atoms with Crippen molar-refractivity contribution in [2.24, 2.45) is 0 Å². The van der Waals surface area contributed by atoms with Gasteiger partial charge in [-0.25, -0.2) is 13.1 Å². The van der Waals surface area contributed by atoms with Gasteiger partial charge in [0.2, 0.25) is 10.0 Å². The summed E-state index contributed by atoms with van der Waals surface area (Å²) >= 11 is 1.77. The number of hydrogen-bond donors (Lipinski definition) is 1. The lowest BCUT2D eigenvalue weighted by atomic mass is 10.1. The van der Waals surface area contributed by atoms with E-state index in [1.165, 1.54) is 21.9 Å². The van der Waals surface area contributed by atoms with Gasteiger partial charge < -0.3 is 9.64 Å². The molecule has 1 atom stereocenters. The first kappa shape index (κ1) is 18.8. The zero-order valence-corrected chi connectivity index (χ0v) is 16.2. The van der Waals surface area contributed by atoms with Gasteiger partial charge in [-0.3, -0.25) is 0 Å². The maximum absolute atomic E-state index is 11.3. The molecule has 1 N–H and O–H groups in total. The third-order valence-electron chi connectivity index (χ3n) is 4.47. The topological polar surface area (TPSA) is 58.6 Å². The van der Waals surface area contributed by atoms with Gasteiger partial charge in [-0.05, 0) is 54.3 Å². The zero-order valence-electron chi connectivity index (χ0n) is 14.6. The van der Waals surface area contributed by atoms with Crippen molar-refractivity contribution in [3.8, 4) is 0 Å². The van der Waals surface area contributed by atoms with Gasteiger partial charge in [0.25, 0.3) is 0 Å². The van der Waals surface area contributed by atoms with Crippen LogP contribution in [0.2, 0.25) is 0 Å². The lowest BCUT2D eigenvalue weighted by molar-refractivity contribution is 0.126. The number of likely N-dealkylation sites (tertiary alicyclic amines) is 1. The summed E-state index contributed by atoms with van der Waals surface area (Å²) in [5.41, 5.74) is 1.32. The van der Waals surface area contributed by atoms with Crippen LogP contribution in [0.25, 0.3) is 10.1 Å². The molecule has 138 valence electrons. The third-order valence-corrected chi connectivity index (χ3v) is 6.13. The standard InChI is InChI=1S/C18H26N2O3S2/c1-25(21,22)19-17-5-9-20(14-17)8-2-10-23-11-6-15-3-4-18-16(13-15)7-12-24-18/h3-4,7,12-13,17,19H,2,5-6,8-11,14H2,1H3. The average molecular weight is 383 g/mol. The van der Waals surface area contributed by atoms with Crippen LogP contribution in [0.15, 0.2) is 29.6 Å². The molecule has 1 aromatic carbocycles. The Kier molecular flexibility index (Phi) is 6.46. The summed E-state index contributed by atoms with van der Waals surface area (Å²) in [5.74, 6) is 0. The van der Waals surface area contributed by atoms with E-state index in [4.69, 9.17) is 4.74 Å². The first-order valence-corrected chi connectivity index (χ1v) is 11.5. The summed E-state index contributed by atoms with van der Waals surface area (Å²) in [6.07, 6.45) is 4.03. The second-order valence-corrected chi connectivity index (χ2v) is 9.41. The molecule has 0 aliphatic carbocycles. The van der Waals surface area contributed by atoms with Gasteiger partial charge >= 0.3 is 0 Å². The molecule has 7 heteroatoms. The van der Waals surface area contributed by atoms with Crippen molar-refractivity contribution in [2.45, 2.75) is 25.3 Å². The third kappa shape index (κ3) is 6.04. The van der Waals surface area contributed by atoms with Crippen molar-refractivity contribution in [1.29, 1.82) is 0 Å². The molecule has 1 fully saturated rings. The minimum absolute atomic E-state index is 0.0583. The van der Waals surface area contributed by atoms with Crippen LogP contribution in [0, 0.1) is 0 Å². The van der Waals surface area contributed by atoms with E-state index >= 15 is 0 Å². The van der Waals surface area contributed by atoms with Gasteiger partial charge in [-0.15, -0.1) is 11.3 Å². The molecule has 3 rings (SSSR count). The summed E-state index contributed by atoms with van der Waals surface area (Å²) in [6.45, 7) is 4.21. The van der Waals surface area contributed by atoms with Crippen molar-refractivity contribution in [3.63, 3.8) is 0 Å².